The fraction of sp³-hybridized carbons (Fsp3) is 0.217. The summed E-state index contributed by atoms with van der Waals surface area (Å²) < 4.78 is 21.7. The number of aryl methyl sites for hydroxylation is 2. The number of ether oxygens (including phenoxy) is 1. The van der Waals surface area contributed by atoms with Crippen molar-refractivity contribution in [2.24, 2.45) is 0 Å². The van der Waals surface area contributed by atoms with Gasteiger partial charge < -0.3 is 4.74 Å². The second-order valence-electron chi connectivity index (χ2n) is 7.47. The Hall–Kier alpha value is -3.05. The first kappa shape index (κ1) is 17.1. The number of nitrogens with zero attached hydrogens (tertiary/aromatic N) is 3. The van der Waals surface area contributed by atoms with Gasteiger partial charge in [0.15, 0.2) is 0 Å². The molecule has 2 unspecified atom stereocenters. The summed E-state index contributed by atoms with van der Waals surface area (Å²) in [6, 6.07) is 20.6. The van der Waals surface area contributed by atoms with Gasteiger partial charge in [-0.3, -0.25) is 0 Å². The molecule has 0 saturated carbocycles. The quantitative estimate of drug-likeness (QED) is 0.487. The molecule has 5 heteroatoms. The standard InChI is InChI=1S/C23H20FN3O/c1-15-7-8-16(2)19(13-15)23(14-28-23)22(17-9-11-18(24)12-10-17)27-21-6-4-3-5-20(21)25-26-27/h3-13,22H,14H2,1-2H3. The average molecular weight is 373 g/mol. The first-order valence-electron chi connectivity index (χ1n) is 9.35. The van der Waals surface area contributed by atoms with Gasteiger partial charge in [-0.25, -0.2) is 9.07 Å². The molecule has 1 aliphatic rings. The number of hydrogen-bond acceptors (Lipinski definition) is 3. The summed E-state index contributed by atoms with van der Waals surface area (Å²) in [6.07, 6.45) is 0. The number of aromatic nitrogens is 3. The largest absolute Gasteiger partial charge is 0.362 e. The Kier molecular flexibility index (Phi) is 3.81. The number of epoxide rings is 1. The van der Waals surface area contributed by atoms with Crippen LogP contribution in [0.2, 0.25) is 0 Å². The number of hydrogen-bond donors (Lipinski definition) is 0. The molecular weight excluding hydrogens is 353 g/mol. The van der Waals surface area contributed by atoms with Crippen molar-refractivity contribution in [3.63, 3.8) is 0 Å². The van der Waals surface area contributed by atoms with Crippen LogP contribution in [0, 0.1) is 19.7 Å². The molecule has 2 heterocycles. The van der Waals surface area contributed by atoms with Crippen LogP contribution >= 0.6 is 0 Å². The average Bonchev–Trinajstić information content (AvgIpc) is 3.39. The van der Waals surface area contributed by atoms with Gasteiger partial charge in [-0.2, -0.15) is 0 Å². The Morgan fingerprint density at radius 2 is 1.79 bits per heavy atom. The molecule has 28 heavy (non-hydrogen) atoms. The van der Waals surface area contributed by atoms with Crippen LogP contribution < -0.4 is 0 Å². The summed E-state index contributed by atoms with van der Waals surface area (Å²) in [4.78, 5) is 0. The molecule has 0 spiro atoms. The summed E-state index contributed by atoms with van der Waals surface area (Å²) >= 11 is 0. The maximum absolute atomic E-state index is 13.6. The van der Waals surface area contributed by atoms with Crippen molar-refractivity contribution in [2.75, 3.05) is 6.61 Å². The number of halogens is 1. The molecule has 0 radical (unpaired) electrons. The summed E-state index contributed by atoms with van der Waals surface area (Å²) in [5.41, 5.74) is 5.63. The van der Waals surface area contributed by atoms with Gasteiger partial charge in [-0.15, -0.1) is 5.10 Å². The van der Waals surface area contributed by atoms with Crippen LogP contribution in [0.1, 0.15) is 28.3 Å². The van der Waals surface area contributed by atoms with Crippen LogP contribution in [-0.2, 0) is 10.3 Å². The molecule has 2 atom stereocenters. The van der Waals surface area contributed by atoms with Crippen molar-refractivity contribution < 1.29 is 9.13 Å². The summed E-state index contributed by atoms with van der Waals surface area (Å²) in [5, 5.41) is 8.81. The van der Waals surface area contributed by atoms with E-state index in [1.54, 1.807) is 0 Å². The smallest absolute Gasteiger partial charge is 0.143 e. The minimum Gasteiger partial charge on any atom is -0.362 e. The van der Waals surface area contributed by atoms with Gasteiger partial charge in [0.1, 0.15) is 23.0 Å². The van der Waals surface area contributed by atoms with E-state index in [4.69, 9.17) is 4.74 Å². The molecule has 0 N–H and O–H groups in total. The van der Waals surface area contributed by atoms with Crippen LogP contribution in [0.15, 0.2) is 66.7 Å². The van der Waals surface area contributed by atoms with Gasteiger partial charge in [0.05, 0.1) is 12.1 Å². The second kappa shape index (κ2) is 6.24. The summed E-state index contributed by atoms with van der Waals surface area (Å²) in [7, 11) is 0. The van der Waals surface area contributed by atoms with E-state index >= 15 is 0 Å². The van der Waals surface area contributed by atoms with Gasteiger partial charge in [-0.1, -0.05) is 53.2 Å². The zero-order chi connectivity index (χ0) is 19.3. The zero-order valence-electron chi connectivity index (χ0n) is 15.8. The van der Waals surface area contributed by atoms with E-state index in [-0.39, 0.29) is 11.9 Å². The predicted octanol–water partition coefficient (Wildman–Crippen LogP) is 4.70. The number of rotatable bonds is 4. The Morgan fingerprint density at radius 3 is 2.54 bits per heavy atom. The molecule has 4 nitrogen and oxygen atoms in total. The third kappa shape index (κ3) is 2.62. The number of fused-ring (bicyclic) bond motifs is 1. The van der Waals surface area contributed by atoms with Gasteiger partial charge in [-0.05, 0) is 54.8 Å². The fourth-order valence-corrected chi connectivity index (χ4v) is 4.06. The Labute approximate surface area is 162 Å². The van der Waals surface area contributed by atoms with Crippen LogP contribution in [0.3, 0.4) is 0 Å². The van der Waals surface area contributed by atoms with Crippen LogP contribution in [-0.4, -0.2) is 21.6 Å². The molecule has 0 amide bonds. The van der Waals surface area contributed by atoms with Crippen molar-refractivity contribution in [3.05, 3.63) is 94.8 Å². The molecule has 4 aromatic rings. The van der Waals surface area contributed by atoms with Crippen molar-refractivity contribution >= 4 is 11.0 Å². The van der Waals surface area contributed by atoms with E-state index in [0.717, 1.165) is 22.2 Å². The molecule has 5 rings (SSSR count). The van der Waals surface area contributed by atoms with Crippen LogP contribution in [0.25, 0.3) is 11.0 Å². The SMILES string of the molecule is Cc1ccc(C)c(C2(C(c3ccc(F)cc3)n3nnc4ccccc43)CO2)c1. The minimum atomic E-state index is -0.551. The molecule has 1 fully saturated rings. The molecule has 1 aliphatic heterocycles. The number of para-hydroxylation sites is 1. The monoisotopic (exact) mass is 373 g/mol. The van der Waals surface area contributed by atoms with Crippen molar-refractivity contribution in [1.29, 1.82) is 0 Å². The first-order valence-corrected chi connectivity index (χ1v) is 9.35. The molecule has 0 bridgehead atoms. The van der Waals surface area contributed by atoms with Gasteiger partial charge in [0, 0.05) is 0 Å². The minimum absolute atomic E-state index is 0.249. The third-order valence-electron chi connectivity index (χ3n) is 5.55. The highest BCUT2D eigenvalue weighted by Crippen LogP contribution is 2.52. The van der Waals surface area contributed by atoms with E-state index in [0.29, 0.717) is 6.61 Å². The lowest BCUT2D eigenvalue weighted by Gasteiger charge is -2.27. The summed E-state index contributed by atoms with van der Waals surface area (Å²) in [5.74, 6) is -0.261. The number of benzene rings is 3. The van der Waals surface area contributed by atoms with E-state index in [9.17, 15) is 4.39 Å². The zero-order valence-corrected chi connectivity index (χ0v) is 15.8. The lowest BCUT2D eigenvalue weighted by molar-refractivity contribution is 0.234. The normalized spacial score (nSPS) is 19.7. The van der Waals surface area contributed by atoms with Gasteiger partial charge in [0.25, 0.3) is 0 Å². The van der Waals surface area contributed by atoms with Crippen molar-refractivity contribution in [2.45, 2.75) is 25.5 Å². The van der Waals surface area contributed by atoms with E-state index in [1.165, 1.54) is 23.3 Å². The second-order valence-corrected chi connectivity index (χ2v) is 7.47. The lowest BCUT2D eigenvalue weighted by atomic mass is 9.84. The van der Waals surface area contributed by atoms with Crippen LogP contribution in [0.5, 0.6) is 0 Å². The highest BCUT2D eigenvalue weighted by molar-refractivity contribution is 5.74. The van der Waals surface area contributed by atoms with E-state index < -0.39 is 5.60 Å². The van der Waals surface area contributed by atoms with Crippen LogP contribution in [0.4, 0.5) is 4.39 Å². The molecule has 3 aromatic carbocycles. The fourth-order valence-electron chi connectivity index (χ4n) is 4.06. The molecule has 140 valence electrons. The topological polar surface area (TPSA) is 43.2 Å². The van der Waals surface area contributed by atoms with Gasteiger partial charge in [0.2, 0.25) is 0 Å². The first-order chi connectivity index (χ1) is 13.6. The Bertz CT molecular complexity index is 1160. The molecule has 1 aromatic heterocycles. The predicted molar refractivity (Wildman–Crippen MR) is 106 cm³/mol. The molecule has 0 aliphatic carbocycles. The van der Waals surface area contributed by atoms with Crippen molar-refractivity contribution in [1.82, 2.24) is 15.0 Å². The maximum Gasteiger partial charge on any atom is 0.143 e. The highest BCUT2D eigenvalue weighted by Gasteiger charge is 2.56. The van der Waals surface area contributed by atoms with Gasteiger partial charge >= 0.3 is 0 Å². The van der Waals surface area contributed by atoms with E-state index in [2.05, 4.69) is 42.4 Å². The third-order valence-corrected chi connectivity index (χ3v) is 5.55. The van der Waals surface area contributed by atoms with Crippen molar-refractivity contribution in [3.8, 4) is 0 Å². The molecular formula is C23H20FN3O. The molecule has 1 saturated heterocycles. The highest BCUT2D eigenvalue weighted by atomic mass is 19.1. The Balaban J connectivity index is 1.75. The lowest BCUT2D eigenvalue weighted by Crippen LogP contribution is -2.29. The maximum atomic E-state index is 13.6. The van der Waals surface area contributed by atoms with E-state index in [1.807, 2.05) is 41.1 Å². The Morgan fingerprint density at radius 1 is 1.04 bits per heavy atom. The summed E-state index contributed by atoms with van der Waals surface area (Å²) in [6.45, 7) is 4.75.